The minimum absolute atomic E-state index is 0.0668. The Morgan fingerprint density at radius 3 is 2.44 bits per heavy atom. The lowest BCUT2D eigenvalue weighted by Crippen LogP contribution is -2.33. The third kappa shape index (κ3) is 4.49. The number of hydrogen-bond donors (Lipinski definition) is 2. The van der Waals surface area contributed by atoms with Gasteiger partial charge in [0.05, 0.1) is 18.4 Å². The standard InChI is InChI=1S/C24H18N2O6/c1-31-19-10-7-16(8-11-19)25-22(28)20-12-15-4-9-18(27)13-21(15)32-23(20)26-17-5-2-14(3-6-17)24(29)30/h2-13,20H,1H3,(H,25,28)(H,29,30). The second kappa shape index (κ2) is 8.73. The quantitative estimate of drug-likeness (QED) is 0.748. The van der Waals surface area contributed by atoms with E-state index < -0.39 is 11.9 Å². The molecule has 1 aliphatic heterocycles. The number of carboxylic acids is 1. The van der Waals surface area contributed by atoms with Gasteiger partial charge in [0.1, 0.15) is 17.4 Å². The number of anilines is 1. The molecule has 0 aromatic heterocycles. The number of carbonyl (C=O) groups is 3. The minimum atomic E-state index is -1.06. The van der Waals surface area contributed by atoms with Gasteiger partial charge in [0, 0.05) is 17.3 Å². The summed E-state index contributed by atoms with van der Waals surface area (Å²) in [5.74, 6) is -1.52. The van der Waals surface area contributed by atoms with Crippen LogP contribution in [0.3, 0.4) is 0 Å². The van der Waals surface area contributed by atoms with Crippen molar-refractivity contribution in [2.24, 2.45) is 10.9 Å². The molecule has 0 spiro atoms. The molecule has 0 saturated heterocycles. The fourth-order valence-electron chi connectivity index (χ4n) is 3.15. The molecule has 32 heavy (non-hydrogen) atoms. The number of allylic oxidation sites excluding steroid dienone is 3. The van der Waals surface area contributed by atoms with Crippen LogP contribution in [0, 0.1) is 5.92 Å². The molecular weight excluding hydrogens is 412 g/mol. The molecule has 1 unspecified atom stereocenters. The van der Waals surface area contributed by atoms with Gasteiger partial charge in [0.25, 0.3) is 0 Å². The third-order valence-corrected chi connectivity index (χ3v) is 4.81. The Labute approximate surface area is 183 Å². The Morgan fingerprint density at radius 1 is 1.06 bits per heavy atom. The smallest absolute Gasteiger partial charge is 0.335 e. The molecule has 1 heterocycles. The molecule has 1 aliphatic carbocycles. The molecule has 1 amide bonds. The number of hydrogen-bond acceptors (Lipinski definition) is 6. The Bertz CT molecular complexity index is 1200. The van der Waals surface area contributed by atoms with E-state index >= 15 is 0 Å². The first kappa shape index (κ1) is 20.8. The van der Waals surface area contributed by atoms with Crippen molar-refractivity contribution in [1.82, 2.24) is 0 Å². The molecule has 4 rings (SSSR count). The van der Waals surface area contributed by atoms with E-state index in [1.54, 1.807) is 43.5 Å². The molecule has 2 aromatic rings. The zero-order chi connectivity index (χ0) is 22.7. The molecule has 0 fully saturated rings. The first-order valence-electron chi connectivity index (χ1n) is 9.63. The van der Waals surface area contributed by atoms with Gasteiger partial charge in [-0.15, -0.1) is 0 Å². The molecule has 1 atom stereocenters. The highest BCUT2D eigenvalue weighted by Gasteiger charge is 2.32. The largest absolute Gasteiger partial charge is 0.497 e. The fourth-order valence-corrected chi connectivity index (χ4v) is 3.15. The van der Waals surface area contributed by atoms with Crippen molar-refractivity contribution in [2.75, 3.05) is 12.4 Å². The van der Waals surface area contributed by atoms with Crippen LogP contribution in [0.15, 0.2) is 89.2 Å². The van der Waals surface area contributed by atoms with Crippen molar-refractivity contribution < 1.29 is 29.0 Å². The summed E-state index contributed by atoms with van der Waals surface area (Å²) >= 11 is 0. The first-order chi connectivity index (χ1) is 15.4. The molecular formula is C24H18N2O6. The Morgan fingerprint density at radius 2 is 1.78 bits per heavy atom. The van der Waals surface area contributed by atoms with Gasteiger partial charge >= 0.3 is 5.97 Å². The average Bonchev–Trinajstić information content (AvgIpc) is 2.79. The zero-order valence-corrected chi connectivity index (χ0v) is 16.9. The van der Waals surface area contributed by atoms with E-state index in [2.05, 4.69) is 10.3 Å². The van der Waals surface area contributed by atoms with Gasteiger partial charge in [-0.3, -0.25) is 9.59 Å². The van der Waals surface area contributed by atoms with E-state index in [9.17, 15) is 14.4 Å². The number of methoxy groups -OCH3 is 1. The summed E-state index contributed by atoms with van der Waals surface area (Å²) in [6.07, 6.45) is 5.97. The summed E-state index contributed by atoms with van der Waals surface area (Å²) in [4.78, 5) is 40.3. The lowest BCUT2D eigenvalue weighted by molar-refractivity contribution is -0.117. The summed E-state index contributed by atoms with van der Waals surface area (Å²) in [6.45, 7) is 0. The fraction of sp³-hybridized carbons (Fsp3) is 0.0833. The second-order valence-electron chi connectivity index (χ2n) is 6.97. The van der Waals surface area contributed by atoms with E-state index in [1.165, 1.54) is 36.4 Å². The van der Waals surface area contributed by atoms with Crippen LogP contribution >= 0.6 is 0 Å². The van der Waals surface area contributed by atoms with E-state index in [-0.39, 0.29) is 23.2 Å². The molecule has 8 heteroatoms. The van der Waals surface area contributed by atoms with Crippen LogP contribution in [0.5, 0.6) is 5.75 Å². The lowest BCUT2D eigenvalue weighted by Gasteiger charge is -2.25. The number of fused-ring (bicyclic) bond motifs is 1. The van der Waals surface area contributed by atoms with E-state index in [4.69, 9.17) is 14.6 Å². The molecule has 160 valence electrons. The van der Waals surface area contributed by atoms with E-state index in [0.29, 0.717) is 28.5 Å². The maximum absolute atomic E-state index is 13.1. The molecule has 0 radical (unpaired) electrons. The summed E-state index contributed by atoms with van der Waals surface area (Å²) in [7, 11) is 1.55. The van der Waals surface area contributed by atoms with Crippen LogP contribution in [0.1, 0.15) is 10.4 Å². The average molecular weight is 430 g/mol. The van der Waals surface area contributed by atoms with Crippen LogP contribution in [0.4, 0.5) is 11.4 Å². The number of ether oxygens (including phenoxy) is 2. The van der Waals surface area contributed by atoms with Crippen molar-refractivity contribution in [1.29, 1.82) is 0 Å². The van der Waals surface area contributed by atoms with E-state index in [0.717, 1.165) is 0 Å². The van der Waals surface area contributed by atoms with Crippen LogP contribution in [0.25, 0.3) is 0 Å². The maximum Gasteiger partial charge on any atom is 0.335 e. The number of nitrogens with zero attached hydrogens (tertiary/aromatic N) is 1. The second-order valence-corrected chi connectivity index (χ2v) is 6.97. The number of rotatable bonds is 5. The number of benzene rings is 2. The summed E-state index contributed by atoms with van der Waals surface area (Å²) in [5.41, 5.74) is 1.68. The Kier molecular flexibility index (Phi) is 5.67. The number of nitrogens with one attached hydrogen (secondary N) is 1. The van der Waals surface area contributed by atoms with Gasteiger partial charge in [-0.05, 0) is 60.7 Å². The highest BCUT2D eigenvalue weighted by Crippen LogP contribution is 2.30. The lowest BCUT2D eigenvalue weighted by atomic mass is 9.96. The summed E-state index contributed by atoms with van der Waals surface area (Å²) in [6, 6.07) is 12.7. The highest BCUT2D eigenvalue weighted by molar-refractivity contribution is 6.11. The number of amides is 1. The SMILES string of the molecule is COc1ccc(NC(=O)C2C=C3C=CC(=O)C=C3OC2=Nc2ccc(C(=O)O)cc2)cc1. The van der Waals surface area contributed by atoms with Gasteiger partial charge in [-0.2, -0.15) is 0 Å². The van der Waals surface area contributed by atoms with Crippen LogP contribution < -0.4 is 10.1 Å². The predicted octanol–water partition coefficient (Wildman–Crippen LogP) is 3.66. The maximum atomic E-state index is 13.1. The first-order valence-corrected chi connectivity index (χ1v) is 9.63. The highest BCUT2D eigenvalue weighted by atomic mass is 16.5. The van der Waals surface area contributed by atoms with Crippen LogP contribution in [-0.2, 0) is 14.3 Å². The predicted molar refractivity (Wildman–Crippen MR) is 117 cm³/mol. The molecule has 0 saturated carbocycles. The molecule has 2 aliphatic rings. The zero-order valence-electron chi connectivity index (χ0n) is 16.9. The topological polar surface area (TPSA) is 114 Å². The van der Waals surface area contributed by atoms with Crippen molar-refractivity contribution >= 4 is 34.9 Å². The van der Waals surface area contributed by atoms with Gasteiger partial charge in [-0.25, -0.2) is 9.79 Å². The van der Waals surface area contributed by atoms with Crippen molar-refractivity contribution in [3.8, 4) is 5.75 Å². The number of carboxylic acid groups (broad SMARTS) is 1. The van der Waals surface area contributed by atoms with Crippen molar-refractivity contribution in [3.05, 3.63) is 89.7 Å². The monoisotopic (exact) mass is 430 g/mol. The van der Waals surface area contributed by atoms with E-state index in [1.807, 2.05) is 0 Å². The number of aromatic carboxylic acids is 1. The summed E-state index contributed by atoms with van der Waals surface area (Å²) in [5, 5.41) is 11.9. The van der Waals surface area contributed by atoms with Crippen LogP contribution in [-0.4, -0.2) is 35.8 Å². The molecule has 0 bridgehead atoms. The summed E-state index contributed by atoms with van der Waals surface area (Å²) < 4.78 is 10.9. The van der Waals surface area contributed by atoms with Gasteiger partial charge in [-0.1, -0.05) is 6.08 Å². The number of carbonyl (C=O) groups excluding carboxylic acids is 2. The third-order valence-electron chi connectivity index (χ3n) is 4.81. The van der Waals surface area contributed by atoms with Crippen molar-refractivity contribution in [3.63, 3.8) is 0 Å². The van der Waals surface area contributed by atoms with Gasteiger partial charge in [0.2, 0.25) is 11.8 Å². The van der Waals surface area contributed by atoms with Gasteiger partial charge in [0.15, 0.2) is 5.78 Å². The minimum Gasteiger partial charge on any atom is -0.497 e. The molecule has 8 nitrogen and oxygen atoms in total. The van der Waals surface area contributed by atoms with Gasteiger partial charge < -0.3 is 19.9 Å². The molecule has 2 N–H and O–H groups in total. The number of ketones is 1. The molecule has 2 aromatic carbocycles. The Balaban J connectivity index is 1.66. The number of aliphatic imine (C=N–C) groups is 1. The Hall–Kier alpha value is -4.46. The van der Waals surface area contributed by atoms with Crippen molar-refractivity contribution in [2.45, 2.75) is 0 Å². The van der Waals surface area contributed by atoms with Crippen LogP contribution in [0.2, 0.25) is 0 Å². The normalized spacial score (nSPS) is 18.2.